The van der Waals surface area contributed by atoms with E-state index in [2.05, 4.69) is 5.32 Å². The first-order chi connectivity index (χ1) is 7.68. The van der Waals surface area contributed by atoms with Gasteiger partial charge in [0.25, 0.3) is 0 Å². The Morgan fingerprint density at radius 3 is 2.69 bits per heavy atom. The lowest BCUT2D eigenvalue weighted by Crippen LogP contribution is -2.47. The van der Waals surface area contributed by atoms with Crippen LogP contribution in [-0.2, 0) is 4.79 Å². The van der Waals surface area contributed by atoms with Crippen LogP contribution in [0.3, 0.4) is 0 Å². The summed E-state index contributed by atoms with van der Waals surface area (Å²) >= 11 is 0. The molecule has 2 aliphatic heterocycles. The minimum absolute atomic E-state index is 0.0165. The van der Waals surface area contributed by atoms with Gasteiger partial charge in [-0.05, 0) is 25.8 Å². The molecule has 16 heavy (non-hydrogen) atoms. The SMILES string of the molecule is O=C([C@H]1CCCCN1)N1CC[C@@H](C(F)F)C1. The molecule has 0 unspecified atom stereocenters. The molecule has 0 aromatic carbocycles. The van der Waals surface area contributed by atoms with E-state index in [4.69, 9.17) is 0 Å². The van der Waals surface area contributed by atoms with E-state index in [1.54, 1.807) is 4.90 Å². The van der Waals surface area contributed by atoms with Crippen LogP contribution in [-0.4, -0.2) is 42.9 Å². The fourth-order valence-electron chi connectivity index (χ4n) is 2.48. The monoisotopic (exact) mass is 232 g/mol. The Balaban J connectivity index is 1.86. The molecule has 1 N–H and O–H groups in total. The maximum absolute atomic E-state index is 12.5. The third kappa shape index (κ3) is 2.51. The first kappa shape index (κ1) is 11.8. The summed E-state index contributed by atoms with van der Waals surface area (Å²) in [5.74, 6) is -0.601. The molecule has 0 saturated carbocycles. The Morgan fingerprint density at radius 1 is 1.31 bits per heavy atom. The van der Waals surface area contributed by atoms with Crippen molar-refractivity contribution in [1.82, 2.24) is 10.2 Å². The molecule has 1 amide bonds. The Hall–Kier alpha value is -0.710. The lowest BCUT2D eigenvalue weighted by atomic mass is 10.0. The number of piperidine rings is 1. The van der Waals surface area contributed by atoms with Crippen LogP contribution in [0.25, 0.3) is 0 Å². The number of alkyl halides is 2. The predicted octanol–water partition coefficient (Wildman–Crippen LogP) is 1.24. The van der Waals surface area contributed by atoms with Gasteiger partial charge in [-0.15, -0.1) is 0 Å². The molecule has 0 spiro atoms. The van der Waals surface area contributed by atoms with Crippen LogP contribution in [0.2, 0.25) is 0 Å². The highest BCUT2D eigenvalue weighted by Crippen LogP contribution is 2.24. The number of rotatable bonds is 2. The Morgan fingerprint density at radius 2 is 2.12 bits per heavy atom. The number of carbonyl (C=O) groups excluding carboxylic acids is 1. The van der Waals surface area contributed by atoms with Crippen molar-refractivity contribution in [1.29, 1.82) is 0 Å². The fourth-order valence-corrected chi connectivity index (χ4v) is 2.48. The third-order valence-electron chi connectivity index (χ3n) is 3.50. The van der Waals surface area contributed by atoms with Crippen LogP contribution in [0.1, 0.15) is 25.7 Å². The molecule has 2 fully saturated rings. The normalized spacial score (nSPS) is 31.1. The summed E-state index contributed by atoms with van der Waals surface area (Å²) in [6.07, 6.45) is 1.14. The van der Waals surface area contributed by atoms with Gasteiger partial charge in [0.2, 0.25) is 12.3 Å². The number of nitrogens with zero attached hydrogens (tertiary/aromatic N) is 1. The average Bonchev–Trinajstić information content (AvgIpc) is 2.78. The number of carbonyl (C=O) groups is 1. The van der Waals surface area contributed by atoms with Crippen molar-refractivity contribution >= 4 is 5.91 Å². The van der Waals surface area contributed by atoms with Gasteiger partial charge in [-0.2, -0.15) is 0 Å². The van der Waals surface area contributed by atoms with Crippen LogP contribution >= 0.6 is 0 Å². The van der Waals surface area contributed by atoms with Gasteiger partial charge in [-0.3, -0.25) is 4.79 Å². The topological polar surface area (TPSA) is 32.3 Å². The van der Waals surface area contributed by atoms with Gasteiger partial charge in [-0.25, -0.2) is 8.78 Å². The van der Waals surface area contributed by atoms with E-state index in [1.807, 2.05) is 0 Å². The molecule has 92 valence electrons. The summed E-state index contributed by atoms with van der Waals surface area (Å²) in [5, 5.41) is 3.16. The zero-order chi connectivity index (χ0) is 11.5. The zero-order valence-corrected chi connectivity index (χ0v) is 9.29. The maximum atomic E-state index is 12.5. The van der Waals surface area contributed by atoms with E-state index < -0.39 is 12.3 Å². The second kappa shape index (κ2) is 5.08. The van der Waals surface area contributed by atoms with Gasteiger partial charge in [0.1, 0.15) is 0 Å². The van der Waals surface area contributed by atoms with Crippen LogP contribution in [0, 0.1) is 5.92 Å². The molecule has 3 nitrogen and oxygen atoms in total. The number of hydrogen-bond donors (Lipinski definition) is 1. The second-order valence-electron chi connectivity index (χ2n) is 4.67. The Bertz CT molecular complexity index is 254. The molecule has 2 saturated heterocycles. The Labute approximate surface area is 94.2 Å². The number of amides is 1. The van der Waals surface area contributed by atoms with Crippen molar-refractivity contribution in [2.45, 2.75) is 38.2 Å². The van der Waals surface area contributed by atoms with E-state index in [0.717, 1.165) is 25.8 Å². The fraction of sp³-hybridized carbons (Fsp3) is 0.909. The molecule has 2 heterocycles. The first-order valence-electron chi connectivity index (χ1n) is 5.99. The molecule has 0 aromatic rings. The number of halogens is 2. The standard InChI is InChI=1S/C11H18F2N2O/c12-10(13)8-4-6-15(7-8)11(16)9-3-1-2-5-14-9/h8-10,14H,1-7H2/t8-,9-/m1/s1. The van der Waals surface area contributed by atoms with Gasteiger partial charge in [0.15, 0.2) is 0 Å². The molecule has 0 radical (unpaired) electrons. The maximum Gasteiger partial charge on any atom is 0.243 e. The van der Waals surface area contributed by atoms with Crippen molar-refractivity contribution in [3.05, 3.63) is 0 Å². The molecule has 0 aliphatic carbocycles. The summed E-state index contributed by atoms with van der Waals surface area (Å²) in [5.41, 5.74) is 0. The zero-order valence-electron chi connectivity index (χ0n) is 9.29. The number of likely N-dealkylation sites (tertiary alicyclic amines) is 1. The van der Waals surface area contributed by atoms with Crippen LogP contribution in [0.15, 0.2) is 0 Å². The largest absolute Gasteiger partial charge is 0.341 e. The molecular formula is C11H18F2N2O. The smallest absolute Gasteiger partial charge is 0.243 e. The van der Waals surface area contributed by atoms with Crippen molar-refractivity contribution in [2.75, 3.05) is 19.6 Å². The van der Waals surface area contributed by atoms with E-state index >= 15 is 0 Å². The summed E-state index contributed by atoms with van der Waals surface area (Å²) in [4.78, 5) is 13.6. The molecular weight excluding hydrogens is 214 g/mol. The van der Waals surface area contributed by atoms with Crippen molar-refractivity contribution in [2.24, 2.45) is 5.92 Å². The van der Waals surface area contributed by atoms with Gasteiger partial charge in [0, 0.05) is 19.0 Å². The average molecular weight is 232 g/mol. The molecule has 2 rings (SSSR count). The van der Waals surface area contributed by atoms with Crippen LogP contribution in [0.4, 0.5) is 8.78 Å². The predicted molar refractivity (Wildman–Crippen MR) is 56.3 cm³/mol. The van der Waals surface area contributed by atoms with E-state index in [9.17, 15) is 13.6 Å². The van der Waals surface area contributed by atoms with Gasteiger partial charge in [0.05, 0.1) is 6.04 Å². The number of nitrogens with one attached hydrogen (secondary N) is 1. The molecule has 5 heteroatoms. The van der Waals surface area contributed by atoms with Crippen LogP contribution in [0.5, 0.6) is 0 Å². The lowest BCUT2D eigenvalue weighted by Gasteiger charge is -2.27. The molecule has 0 aromatic heterocycles. The van der Waals surface area contributed by atoms with Gasteiger partial charge >= 0.3 is 0 Å². The summed E-state index contributed by atoms with van der Waals surface area (Å²) in [6, 6.07) is -0.134. The third-order valence-corrected chi connectivity index (χ3v) is 3.50. The van der Waals surface area contributed by atoms with Crippen LogP contribution < -0.4 is 5.32 Å². The van der Waals surface area contributed by atoms with Crippen molar-refractivity contribution in [3.63, 3.8) is 0 Å². The van der Waals surface area contributed by atoms with E-state index in [1.165, 1.54) is 0 Å². The quantitative estimate of drug-likeness (QED) is 0.777. The van der Waals surface area contributed by atoms with E-state index in [0.29, 0.717) is 13.0 Å². The Kier molecular flexibility index (Phi) is 3.74. The van der Waals surface area contributed by atoms with Gasteiger partial charge in [-0.1, -0.05) is 6.42 Å². The summed E-state index contributed by atoms with van der Waals surface area (Å²) < 4.78 is 24.9. The highest BCUT2D eigenvalue weighted by atomic mass is 19.3. The molecule has 2 aliphatic rings. The lowest BCUT2D eigenvalue weighted by molar-refractivity contribution is -0.133. The second-order valence-corrected chi connectivity index (χ2v) is 4.67. The van der Waals surface area contributed by atoms with Crippen molar-refractivity contribution < 1.29 is 13.6 Å². The highest BCUT2D eigenvalue weighted by Gasteiger charge is 2.34. The summed E-state index contributed by atoms with van der Waals surface area (Å²) in [6.45, 7) is 1.59. The molecule has 2 atom stereocenters. The van der Waals surface area contributed by atoms with Gasteiger partial charge < -0.3 is 10.2 Å². The van der Waals surface area contributed by atoms with Crippen molar-refractivity contribution in [3.8, 4) is 0 Å². The first-order valence-corrected chi connectivity index (χ1v) is 5.99. The highest BCUT2D eigenvalue weighted by molar-refractivity contribution is 5.82. The summed E-state index contributed by atoms with van der Waals surface area (Å²) in [7, 11) is 0. The minimum atomic E-state index is -2.29. The minimum Gasteiger partial charge on any atom is -0.341 e. The number of hydrogen-bond acceptors (Lipinski definition) is 2. The van der Waals surface area contributed by atoms with E-state index in [-0.39, 0.29) is 18.5 Å². The molecule has 0 bridgehead atoms.